The van der Waals surface area contributed by atoms with E-state index in [1.807, 2.05) is 0 Å². The van der Waals surface area contributed by atoms with Crippen molar-refractivity contribution in [2.24, 2.45) is 0 Å². The van der Waals surface area contributed by atoms with Crippen molar-refractivity contribution in [1.29, 1.82) is 0 Å². The molecule has 0 saturated carbocycles. The number of nitrogens with one attached hydrogen (secondary N) is 1. The van der Waals surface area contributed by atoms with E-state index in [4.69, 9.17) is 4.74 Å². The van der Waals surface area contributed by atoms with Gasteiger partial charge in [-0.3, -0.25) is 9.59 Å². The van der Waals surface area contributed by atoms with Gasteiger partial charge in [0.05, 0.1) is 25.4 Å². The summed E-state index contributed by atoms with van der Waals surface area (Å²) in [6.07, 6.45) is 77.4. The van der Waals surface area contributed by atoms with Gasteiger partial charge in [-0.15, -0.1) is 0 Å². The number of allylic oxidation sites excluding steroid dienone is 6. The molecule has 0 heterocycles. The second-order valence-corrected chi connectivity index (χ2v) is 22.1. The van der Waals surface area contributed by atoms with E-state index in [2.05, 4.69) is 55.6 Å². The number of carbonyl (C=O) groups excluding carboxylic acids is 2. The van der Waals surface area contributed by atoms with Gasteiger partial charge in [0.1, 0.15) is 0 Å². The fourth-order valence-electron chi connectivity index (χ4n) is 9.95. The van der Waals surface area contributed by atoms with Crippen molar-refractivity contribution in [2.75, 3.05) is 13.2 Å². The molecule has 0 saturated heterocycles. The Labute approximate surface area is 449 Å². The molecule has 0 aromatic carbocycles. The first-order chi connectivity index (χ1) is 35.5. The molecule has 72 heavy (non-hydrogen) atoms. The van der Waals surface area contributed by atoms with Crippen LogP contribution >= 0.6 is 0 Å². The molecule has 2 atom stereocenters. The molecule has 6 nitrogen and oxygen atoms in total. The summed E-state index contributed by atoms with van der Waals surface area (Å²) >= 11 is 0. The summed E-state index contributed by atoms with van der Waals surface area (Å²) in [5.74, 6) is -0.0328. The minimum Gasteiger partial charge on any atom is -0.466 e. The van der Waals surface area contributed by atoms with Crippen molar-refractivity contribution in [1.82, 2.24) is 5.32 Å². The third-order valence-corrected chi connectivity index (χ3v) is 14.9. The molecule has 0 bridgehead atoms. The number of unbranched alkanes of at least 4 members (excludes halogenated alkanes) is 43. The number of ether oxygens (including phenoxy) is 1. The minimum atomic E-state index is -0.663. The summed E-state index contributed by atoms with van der Waals surface area (Å²) in [7, 11) is 0. The van der Waals surface area contributed by atoms with Crippen molar-refractivity contribution in [3.05, 3.63) is 36.5 Å². The molecule has 0 radical (unpaired) electrons. The number of amides is 1. The number of hydrogen-bond acceptors (Lipinski definition) is 5. The molecule has 0 spiro atoms. The number of aliphatic hydroxyl groups is 2. The number of carbonyl (C=O) groups is 2. The second-order valence-electron chi connectivity index (χ2n) is 22.1. The molecule has 2 unspecified atom stereocenters. The van der Waals surface area contributed by atoms with Gasteiger partial charge >= 0.3 is 5.97 Å². The van der Waals surface area contributed by atoms with Crippen LogP contribution in [0.2, 0.25) is 0 Å². The quantitative estimate of drug-likeness (QED) is 0.0320. The van der Waals surface area contributed by atoms with Crippen LogP contribution in [0, 0.1) is 0 Å². The molecule has 3 N–H and O–H groups in total. The highest BCUT2D eigenvalue weighted by Crippen LogP contribution is 2.18. The van der Waals surface area contributed by atoms with Crippen LogP contribution in [0.4, 0.5) is 0 Å². The predicted molar refractivity (Wildman–Crippen MR) is 315 cm³/mol. The summed E-state index contributed by atoms with van der Waals surface area (Å²) in [5.41, 5.74) is 0. The van der Waals surface area contributed by atoms with Crippen LogP contribution < -0.4 is 5.32 Å². The third kappa shape index (κ3) is 57.4. The van der Waals surface area contributed by atoms with E-state index in [9.17, 15) is 19.8 Å². The van der Waals surface area contributed by atoms with Gasteiger partial charge in [0.2, 0.25) is 5.91 Å². The topological polar surface area (TPSA) is 95.9 Å². The Hall–Kier alpha value is -1.92. The number of aliphatic hydroxyl groups excluding tert-OH is 2. The van der Waals surface area contributed by atoms with E-state index in [1.54, 1.807) is 0 Å². The van der Waals surface area contributed by atoms with Gasteiger partial charge in [0.25, 0.3) is 0 Å². The average Bonchev–Trinajstić information content (AvgIpc) is 3.38. The van der Waals surface area contributed by atoms with Crippen molar-refractivity contribution in [2.45, 2.75) is 360 Å². The summed E-state index contributed by atoms with van der Waals surface area (Å²) in [5, 5.41) is 23.3. The van der Waals surface area contributed by atoms with E-state index in [0.717, 1.165) is 51.4 Å². The van der Waals surface area contributed by atoms with Crippen molar-refractivity contribution in [3.8, 4) is 0 Å². The zero-order valence-corrected chi connectivity index (χ0v) is 48.4. The van der Waals surface area contributed by atoms with Gasteiger partial charge in [-0.05, 0) is 77.0 Å². The Morgan fingerprint density at radius 2 is 0.708 bits per heavy atom. The molecular formula is C66H125NO5. The number of rotatable bonds is 60. The first-order valence-electron chi connectivity index (χ1n) is 32.2. The largest absolute Gasteiger partial charge is 0.466 e. The second kappa shape index (κ2) is 61.6. The monoisotopic (exact) mass is 1010 g/mol. The summed E-state index contributed by atoms with van der Waals surface area (Å²) in [4.78, 5) is 24.5. The maximum absolute atomic E-state index is 12.5. The van der Waals surface area contributed by atoms with E-state index in [-0.39, 0.29) is 18.5 Å². The van der Waals surface area contributed by atoms with E-state index >= 15 is 0 Å². The molecule has 0 fully saturated rings. The maximum atomic E-state index is 12.5. The highest BCUT2D eigenvalue weighted by Gasteiger charge is 2.20. The normalized spacial score (nSPS) is 12.8. The van der Waals surface area contributed by atoms with E-state index < -0.39 is 12.1 Å². The van der Waals surface area contributed by atoms with Crippen molar-refractivity contribution in [3.63, 3.8) is 0 Å². The highest BCUT2D eigenvalue weighted by atomic mass is 16.5. The third-order valence-electron chi connectivity index (χ3n) is 14.9. The molecule has 6 heteroatoms. The molecular weight excluding hydrogens is 887 g/mol. The fourth-order valence-corrected chi connectivity index (χ4v) is 9.95. The van der Waals surface area contributed by atoms with Crippen LogP contribution in [-0.2, 0) is 14.3 Å². The molecule has 0 rings (SSSR count). The Morgan fingerprint density at radius 3 is 1.11 bits per heavy atom. The van der Waals surface area contributed by atoms with Crippen LogP contribution in [-0.4, -0.2) is 47.4 Å². The average molecular weight is 1010 g/mol. The van der Waals surface area contributed by atoms with E-state index in [1.165, 1.54) is 263 Å². The number of esters is 1. The SMILES string of the molecule is CCCC/C=C\C/C=C\CCCCCCCC(=O)OCCCCCCCCCCCCCC/C=C\CCCCCCCCCCCCCCC(=O)NC(CO)C(O)CCCCCCCCCCCCCCC. The smallest absolute Gasteiger partial charge is 0.305 e. The molecule has 0 aliphatic rings. The van der Waals surface area contributed by atoms with Gasteiger partial charge < -0.3 is 20.3 Å². The van der Waals surface area contributed by atoms with Crippen molar-refractivity contribution < 1.29 is 24.5 Å². The lowest BCUT2D eigenvalue weighted by atomic mass is 10.0. The van der Waals surface area contributed by atoms with Gasteiger partial charge in [0, 0.05) is 12.8 Å². The van der Waals surface area contributed by atoms with Gasteiger partial charge in [-0.25, -0.2) is 0 Å². The van der Waals surface area contributed by atoms with E-state index in [0.29, 0.717) is 25.9 Å². The Morgan fingerprint density at radius 1 is 0.389 bits per heavy atom. The highest BCUT2D eigenvalue weighted by molar-refractivity contribution is 5.76. The van der Waals surface area contributed by atoms with Crippen LogP contribution in [0.1, 0.15) is 348 Å². The number of hydrogen-bond donors (Lipinski definition) is 3. The van der Waals surface area contributed by atoms with Gasteiger partial charge in [0.15, 0.2) is 0 Å². The minimum absolute atomic E-state index is 0.00119. The first kappa shape index (κ1) is 70.1. The van der Waals surface area contributed by atoms with Crippen molar-refractivity contribution >= 4 is 11.9 Å². The standard InChI is InChI=1S/C66H125NO5/c1-3-5-7-9-11-13-15-17-36-40-44-48-52-56-60-66(71)72-61-57-53-49-45-41-37-33-31-29-27-25-23-21-19-18-20-22-24-26-28-30-32-35-39-43-47-51-55-59-65(70)67-63(62-68)64(69)58-54-50-46-42-38-34-16-14-12-10-8-6-4-2/h9,11,15,17-19,63-64,68-69H,3-8,10,12-14,16,20-62H2,1-2H3,(H,67,70)/b11-9-,17-15-,19-18-. The summed E-state index contributed by atoms with van der Waals surface area (Å²) in [6, 6.07) is -0.541. The Kier molecular flexibility index (Phi) is 60.0. The maximum Gasteiger partial charge on any atom is 0.305 e. The zero-order chi connectivity index (χ0) is 52.2. The predicted octanol–water partition coefficient (Wildman–Crippen LogP) is 20.4. The van der Waals surface area contributed by atoms with Crippen LogP contribution in [0.5, 0.6) is 0 Å². The Balaban J connectivity index is 3.37. The summed E-state index contributed by atoms with van der Waals surface area (Å²) in [6.45, 7) is 4.92. The molecule has 1 amide bonds. The lowest BCUT2D eigenvalue weighted by Gasteiger charge is -2.22. The molecule has 424 valence electrons. The summed E-state index contributed by atoms with van der Waals surface area (Å²) < 4.78 is 5.48. The first-order valence-corrected chi connectivity index (χ1v) is 32.2. The zero-order valence-electron chi connectivity index (χ0n) is 48.4. The lowest BCUT2D eigenvalue weighted by molar-refractivity contribution is -0.143. The molecule has 0 aliphatic heterocycles. The molecule has 0 aromatic heterocycles. The van der Waals surface area contributed by atoms with Gasteiger partial charge in [-0.2, -0.15) is 0 Å². The van der Waals surface area contributed by atoms with Crippen LogP contribution in [0.25, 0.3) is 0 Å². The van der Waals surface area contributed by atoms with Crippen LogP contribution in [0.3, 0.4) is 0 Å². The van der Waals surface area contributed by atoms with Crippen LogP contribution in [0.15, 0.2) is 36.5 Å². The van der Waals surface area contributed by atoms with Gasteiger partial charge in [-0.1, -0.05) is 294 Å². The molecule has 0 aromatic rings. The molecule has 0 aliphatic carbocycles. The fraction of sp³-hybridized carbons (Fsp3) is 0.879. The lowest BCUT2D eigenvalue weighted by Crippen LogP contribution is -2.45. The Bertz CT molecular complexity index is 1170.